The van der Waals surface area contributed by atoms with Gasteiger partial charge in [-0.2, -0.15) is 0 Å². The van der Waals surface area contributed by atoms with Crippen molar-refractivity contribution in [1.29, 1.82) is 0 Å². The van der Waals surface area contributed by atoms with E-state index in [4.69, 9.17) is 0 Å². The highest BCUT2D eigenvalue weighted by Crippen LogP contribution is 2.35. The molecule has 0 aliphatic carbocycles. The van der Waals surface area contributed by atoms with Gasteiger partial charge < -0.3 is 9.88 Å². The van der Waals surface area contributed by atoms with Crippen molar-refractivity contribution >= 4 is 29.3 Å². The molecule has 0 saturated carbocycles. The summed E-state index contributed by atoms with van der Waals surface area (Å²) in [4.78, 5) is 12.9. The zero-order valence-corrected chi connectivity index (χ0v) is 16.8. The van der Waals surface area contributed by atoms with Gasteiger partial charge in [-0.1, -0.05) is 18.2 Å². The summed E-state index contributed by atoms with van der Waals surface area (Å²) in [6, 6.07) is 4.93. The molecule has 1 aromatic carbocycles. The third kappa shape index (κ3) is 4.02. The van der Waals surface area contributed by atoms with Gasteiger partial charge >= 0.3 is 0 Å². The standard InChI is InChI=1S/C19H20F3N4OP/c1-10(12-6-5-7-13(17(12)20)18(21)22)24-19-14-8-16(28(3,4)27)23-9-15(14)25-11(2)26-19/h5-10,18H,1-4H3,(H,24,25,26). The number of nitrogens with one attached hydrogen (secondary N) is 1. The highest BCUT2D eigenvalue weighted by molar-refractivity contribution is 7.69. The van der Waals surface area contributed by atoms with E-state index in [0.717, 1.165) is 6.07 Å². The summed E-state index contributed by atoms with van der Waals surface area (Å²) in [5.41, 5.74) is 0.433. The van der Waals surface area contributed by atoms with Crippen LogP contribution < -0.4 is 10.8 Å². The number of rotatable bonds is 5. The molecule has 2 heterocycles. The molecular weight excluding hydrogens is 388 g/mol. The second-order valence-corrected chi connectivity index (χ2v) is 10.1. The number of hydrogen-bond acceptors (Lipinski definition) is 5. The fourth-order valence-corrected chi connectivity index (χ4v) is 3.67. The van der Waals surface area contributed by atoms with Gasteiger partial charge in [-0.3, -0.25) is 4.98 Å². The average Bonchev–Trinajstić information content (AvgIpc) is 2.60. The van der Waals surface area contributed by atoms with E-state index in [1.165, 1.54) is 18.3 Å². The van der Waals surface area contributed by atoms with Crippen molar-refractivity contribution < 1.29 is 17.7 Å². The van der Waals surface area contributed by atoms with Gasteiger partial charge in [0.25, 0.3) is 6.43 Å². The Morgan fingerprint density at radius 3 is 2.46 bits per heavy atom. The van der Waals surface area contributed by atoms with E-state index >= 15 is 0 Å². The Morgan fingerprint density at radius 2 is 1.82 bits per heavy atom. The lowest BCUT2D eigenvalue weighted by Crippen LogP contribution is -2.14. The Morgan fingerprint density at radius 1 is 1.14 bits per heavy atom. The first kappa shape index (κ1) is 20.3. The number of aryl methyl sites for hydroxylation is 1. The van der Waals surface area contributed by atoms with Crippen LogP contribution in [0.1, 0.15) is 36.3 Å². The largest absolute Gasteiger partial charge is 0.363 e. The number of benzene rings is 1. The molecule has 0 aliphatic rings. The molecule has 0 fully saturated rings. The van der Waals surface area contributed by atoms with Crippen molar-refractivity contribution in [3.8, 4) is 0 Å². The van der Waals surface area contributed by atoms with E-state index in [2.05, 4.69) is 20.3 Å². The minimum Gasteiger partial charge on any atom is -0.363 e. The lowest BCUT2D eigenvalue weighted by molar-refractivity contribution is 0.146. The molecule has 0 amide bonds. The molecule has 3 rings (SSSR count). The number of aromatic nitrogens is 3. The summed E-state index contributed by atoms with van der Waals surface area (Å²) in [6.07, 6.45) is -1.38. The predicted molar refractivity (Wildman–Crippen MR) is 105 cm³/mol. The zero-order valence-electron chi connectivity index (χ0n) is 15.9. The van der Waals surface area contributed by atoms with Crippen LogP contribution in [-0.2, 0) is 4.57 Å². The SMILES string of the molecule is Cc1nc(NC(C)c2cccc(C(F)F)c2F)c2cc(P(C)(C)=O)ncc2n1. The summed E-state index contributed by atoms with van der Waals surface area (Å²) < 4.78 is 52.9. The van der Waals surface area contributed by atoms with Crippen molar-refractivity contribution in [2.45, 2.75) is 26.3 Å². The summed E-state index contributed by atoms with van der Waals surface area (Å²) in [6.45, 7) is 6.57. The Kier molecular flexibility index (Phi) is 5.44. The fourth-order valence-electron chi connectivity index (χ4n) is 2.90. The lowest BCUT2D eigenvalue weighted by Gasteiger charge is -2.19. The average molecular weight is 408 g/mol. The van der Waals surface area contributed by atoms with Gasteiger partial charge in [0.1, 0.15) is 30.0 Å². The second kappa shape index (κ2) is 7.51. The lowest BCUT2D eigenvalue weighted by atomic mass is 10.0. The maximum Gasteiger partial charge on any atom is 0.266 e. The van der Waals surface area contributed by atoms with E-state index in [1.807, 2.05) is 0 Å². The number of halogens is 3. The molecule has 0 spiro atoms. The topological polar surface area (TPSA) is 67.8 Å². The Balaban J connectivity index is 2.06. The van der Waals surface area contributed by atoms with Crippen LogP contribution in [0.2, 0.25) is 0 Å². The second-order valence-electron chi connectivity index (χ2n) is 6.95. The molecule has 1 N–H and O–H groups in total. The normalized spacial score (nSPS) is 13.1. The molecule has 0 saturated heterocycles. The van der Waals surface area contributed by atoms with Crippen LogP contribution in [0.15, 0.2) is 30.5 Å². The number of pyridine rings is 1. The Labute approximate surface area is 160 Å². The summed E-state index contributed by atoms with van der Waals surface area (Å²) in [7, 11) is -2.61. The third-order valence-corrected chi connectivity index (χ3v) is 5.69. The molecule has 1 atom stereocenters. The van der Waals surface area contributed by atoms with Crippen LogP contribution in [0.5, 0.6) is 0 Å². The molecule has 9 heteroatoms. The highest BCUT2D eigenvalue weighted by Gasteiger charge is 2.21. The van der Waals surface area contributed by atoms with Crippen LogP contribution in [0.4, 0.5) is 19.0 Å². The van der Waals surface area contributed by atoms with E-state index in [0.29, 0.717) is 28.0 Å². The van der Waals surface area contributed by atoms with Gasteiger partial charge in [0.05, 0.1) is 23.3 Å². The zero-order chi connectivity index (χ0) is 20.6. The van der Waals surface area contributed by atoms with Crippen molar-refractivity contribution in [3.63, 3.8) is 0 Å². The van der Waals surface area contributed by atoms with Crippen molar-refractivity contribution in [2.75, 3.05) is 18.6 Å². The minimum atomic E-state index is -2.90. The fraction of sp³-hybridized carbons (Fsp3) is 0.316. The molecule has 5 nitrogen and oxygen atoms in total. The van der Waals surface area contributed by atoms with Crippen molar-refractivity contribution in [3.05, 3.63) is 53.2 Å². The predicted octanol–water partition coefficient (Wildman–Crippen LogP) is 4.83. The maximum atomic E-state index is 14.5. The summed E-state index contributed by atoms with van der Waals surface area (Å²) >= 11 is 0. The minimum absolute atomic E-state index is 0.105. The first-order valence-corrected chi connectivity index (χ1v) is 11.2. The first-order valence-electron chi connectivity index (χ1n) is 8.61. The van der Waals surface area contributed by atoms with Crippen LogP contribution in [0.3, 0.4) is 0 Å². The van der Waals surface area contributed by atoms with Crippen molar-refractivity contribution in [2.24, 2.45) is 0 Å². The molecule has 0 aliphatic heterocycles. The van der Waals surface area contributed by atoms with E-state index < -0.39 is 31.0 Å². The monoisotopic (exact) mass is 408 g/mol. The van der Waals surface area contributed by atoms with E-state index in [1.54, 1.807) is 33.2 Å². The van der Waals surface area contributed by atoms with Gasteiger partial charge in [0.2, 0.25) is 0 Å². The van der Waals surface area contributed by atoms with E-state index in [-0.39, 0.29) is 5.56 Å². The van der Waals surface area contributed by atoms with Crippen LogP contribution in [0, 0.1) is 12.7 Å². The van der Waals surface area contributed by atoms with Crippen LogP contribution in [-0.4, -0.2) is 28.3 Å². The molecule has 28 heavy (non-hydrogen) atoms. The third-order valence-electron chi connectivity index (χ3n) is 4.34. The van der Waals surface area contributed by atoms with Crippen molar-refractivity contribution in [1.82, 2.24) is 15.0 Å². The molecule has 148 valence electrons. The van der Waals surface area contributed by atoms with Gasteiger partial charge in [0, 0.05) is 10.9 Å². The number of nitrogens with zero attached hydrogens (tertiary/aromatic N) is 3. The maximum absolute atomic E-state index is 14.5. The first-order chi connectivity index (χ1) is 13.1. The van der Waals surface area contributed by atoms with Crippen LogP contribution in [0.25, 0.3) is 10.9 Å². The highest BCUT2D eigenvalue weighted by atomic mass is 31.2. The molecule has 0 radical (unpaired) electrons. The molecule has 0 bridgehead atoms. The molecule has 2 aromatic heterocycles. The Hall–Kier alpha value is -2.47. The van der Waals surface area contributed by atoms with Gasteiger partial charge in [-0.25, -0.2) is 23.1 Å². The molecule has 1 unspecified atom stereocenters. The molecular formula is C19H20F3N4OP. The quantitative estimate of drug-likeness (QED) is 0.613. The van der Waals surface area contributed by atoms with Crippen LogP contribution >= 0.6 is 7.14 Å². The Bertz CT molecular complexity index is 1080. The number of alkyl halides is 2. The van der Waals surface area contributed by atoms with E-state index in [9.17, 15) is 17.7 Å². The van der Waals surface area contributed by atoms with Gasteiger partial charge in [0.15, 0.2) is 0 Å². The summed E-state index contributed by atoms with van der Waals surface area (Å²) in [5.74, 6) is -0.0785. The number of anilines is 1. The number of fused-ring (bicyclic) bond motifs is 1. The molecule has 3 aromatic rings. The van der Waals surface area contributed by atoms with Gasteiger partial charge in [-0.15, -0.1) is 0 Å². The smallest absolute Gasteiger partial charge is 0.266 e. The number of hydrogen-bond donors (Lipinski definition) is 1. The van der Waals surface area contributed by atoms with Gasteiger partial charge in [-0.05, 0) is 33.2 Å². The summed E-state index contributed by atoms with van der Waals surface area (Å²) in [5, 5.41) is 3.65.